The zero-order valence-corrected chi connectivity index (χ0v) is 7.95. The van der Waals surface area contributed by atoms with Crippen LogP contribution in [0.25, 0.3) is 0 Å². The maximum absolute atomic E-state index is 12.7. The number of halogens is 5. The SMILES string of the molecule is N#CCc1c(Cl)cc(F)cc1C(F)(F)F. The molecule has 1 aromatic rings. The zero-order chi connectivity index (χ0) is 11.6. The number of hydrogen-bond acceptors (Lipinski definition) is 1. The average Bonchev–Trinajstić information content (AvgIpc) is 2.07. The molecule has 6 heteroatoms. The first kappa shape index (κ1) is 11.8. The molecule has 0 heterocycles. The molecule has 0 bridgehead atoms. The van der Waals surface area contributed by atoms with E-state index in [1.165, 1.54) is 0 Å². The van der Waals surface area contributed by atoms with Gasteiger partial charge >= 0.3 is 6.18 Å². The van der Waals surface area contributed by atoms with Gasteiger partial charge in [-0.3, -0.25) is 0 Å². The van der Waals surface area contributed by atoms with Gasteiger partial charge in [0.15, 0.2) is 0 Å². The van der Waals surface area contributed by atoms with E-state index in [1.54, 1.807) is 6.07 Å². The molecule has 0 saturated carbocycles. The Morgan fingerprint density at radius 1 is 1.33 bits per heavy atom. The Hall–Kier alpha value is -1.28. The van der Waals surface area contributed by atoms with Crippen molar-refractivity contribution in [1.29, 1.82) is 5.26 Å². The van der Waals surface area contributed by atoms with Crippen LogP contribution in [0.1, 0.15) is 11.1 Å². The van der Waals surface area contributed by atoms with Crippen LogP contribution in [0.5, 0.6) is 0 Å². The molecule has 1 nitrogen and oxygen atoms in total. The molecule has 0 aliphatic carbocycles. The van der Waals surface area contributed by atoms with Crippen LogP contribution in [0, 0.1) is 17.1 Å². The molecule has 80 valence electrons. The number of benzene rings is 1. The predicted octanol–water partition coefficient (Wildman–Crippen LogP) is 3.56. The zero-order valence-electron chi connectivity index (χ0n) is 7.20. The minimum atomic E-state index is -4.71. The maximum Gasteiger partial charge on any atom is 0.416 e. The van der Waals surface area contributed by atoms with Gasteiger partial charge in [-0.15, -0.1) is 0 Å². The van der Waals surface area contributed by atoms with Crippen LogP contribution >= 0.6 is 11.6 Å². The topological polar surface area (TPSA) is 23.8 Å². The highest BCUT2D eigenvalue weighted by Gasteiger charge is 2.34. The highest BCUT2D eigenvalue weighted by molar-refractivity contribution is 6.31. The van der Waals surface area contributed by atoms with Crippen molar-refractivity contribution in [3.05, 3.63) is 34.1 Å². The molecular weight excluding hydrogens is 234 g/mol. The van der Waals surface area contributed by atoms with Crippen molar-refractivity contribution in [2.45, 2.75) is 12.6 Å². The van der Waals surface area contributed by atoms with Gasteiger partial charge in [-0.25, -0.2) is 4.39 Å². The normalized spacial score (nSPS) is 11.2. The Morgan fingerprint density at radius 3 is 2.40 bits per heavy atom. The predicted molar refractivity (Wildman–Crippen MR) is 45.7 cm³/mol. The van der Waals surface area contributed by atoms with Crippen molar-refractivity contribution in [2.75, 3.05) is 0 Å². The molecule has 15 heavy (non-hydrogen) atoms. The van der Waals surface area contributed by atoms with Crippen molar-refractivity contribution in [1.82, 2.24) is 0 Å². The lowest BCUT2D eigenvalue weighted by atomic mass is 10.0. The third-order valence-corrected chi connectivity index (χ3v) is 2.06. The average molecular weight is 238 g/mol. The molecule has 0 amide bonds. The monoisotopic (exact) mass is 237 g/mol. The number of rotatable bonds is 1. The number of nitriles is 1. The first-order valence-corrected chi connectivity index (χ1v) is 4.16. The van der Waals surface area contributed by atoms with Crippen molar-refractivity contribution in [3.63, 3.8) is 0 Å². The summed E-state index contributed by atoms with van der Waals surface area (Å²) in [6.45, 7) is 0. The maximum atomic E-state index is 12.7. The molecule has 0 aliphatic heterocycles. The molecule has 0 unspecified atom stereocenters. The minimum absolute atomic E-state index is 0.332. The Bertz CT molecular complexity index is 419. The fourth-order valence-electron chi connectivity index (χ4n) is 1.12. The van der Waals surface area contributed by atoms with Crippen molar-refractivity contribution >= 4 is 11.6 Å². The summed E-state index contributed by atoms with van der Waals surface area (Å²) in [5.41, 5.74) is -1.60. The van der Waals surface area contributed by atoms with Crippen LogP contribution in [0.3, 0.4) is 0 Å². The first-order valence-electron chi connectivity index (χ1n) is 3.78. The first-order chi connectivity index (χ1) is 6.86. The molecular formula is C9H4ClF4N. The van der Waals surface area contributed by atoms with E-state index in [0.717, 1.165) is 6.07 Å². The second kappa shape index (κ2) is 4.07. The van der Waals surface area contributed by atoms with Gasteiger partial charge in [0, 0.05) is 5.02 Å². The van der Waals surface area contributed by atoms with E-state index in [1.807, 2.05) is 0 Å². The molecule has 0 radical (unpaired) electrons. The summed E-state index contributed by atoms with van der Waals surface area (Å²) >= 11 is 5.43. The Morgan fingerprint density at radius 2 is 1.93 bits per heavy atom. The van der Waals surface area contributed by atoms with Crippen LogP contribution in [-0.4, -0.2) is 0 Å². The largest absolute Gasteiger partial charge is 0.416 e. The van der Waals surface area contributed by atoms with Gasteiger partial charge < -0.3 is 0 Å². The summed E-state index contributed by atoms with van der Waals surface area (Å²) < 4.78 is 49.9. The molecule has 0 saturated heterocycles. The van der Waals surface area contributed by atoms with Crippen LogP contribution in [-0.2, 0) is 12.6 Å². The van der Waals surface area contributed by atoms with Crippen molar-refractivity contribution in [3.8, 4) is 6.07 Å². The van der Waals surface area contributed by atoms with Gasteiger partial charge in [0.05, 0.1) is 18.1 Å². The number of nitrogens with zero attached hydrogens (tertiary/aromatic N) is 1. The Kier molecular flexibility index (Phi) is 3.20. The lowest BCUT2D eigenvalue weighted by Crippen LogP contribution is -2.10. The molecule has 0 fully saturated rings. The third kappa shape index (κ3) is 2.60. The summed E-state index contributed by atoms with van der Waals surface area (Å²) in [6.07, 6.45) is -5.22. The lowest BCUT2D eigenvalue weighted by Gasteiger charge is -2.12. The van der Waals surface area contributed by atoms with E-state index in [2.05, 4.69) is 0 Å². The third-order valence-electron chi connectivity index (χ3n) is 1.72. The van der Waals surface area contributed by atoms with Gasteiger partial charge in [0.25, 0.3) is 0 Å². The van der Waals surface area contributed by atoms with E-state index in [0.29, 0.717) is 6.07 Å². The summed E-state index contributed by atoms with van der Waals surface area (Å²) in [6, 6.07) is 2.64. The van der Waals surface area contributed by atoms with Gasteiger partial charge in [-0.05, 0) is 17.7 Å². The summed E-state index contributed by atoms with van der Waals surface area (Å²) in [5, 5.41) is 7.95. The van der Waals surface area contributed by atoms with E-state index in [9.17, 15) is 17.6 Å². The minimum Gasteiger partial charge on any atom is -0.207 e. The van der Waals surface area contributed by atoms with Gasteiger partial charge in [-0.2, -0.15) is 18.4 Å². The molecule has 0 N–H and O–H groups in total. The molecule has 0 spiro atoms. The Labute approximate surface area is 87.9 Å². The highest BCUT2D eigenvalue weighted by atomic mass is 35.5. The van der Waals surface area contributed by atoms with Crippen LogP contribution in [0.2, 0.25) is 5.02 Å². The van der Waals surface area contributed by atoms with Gasteiger partial charge in [-0.1, -0.05) is 11.6 Å². The van der Waals surface area contributed by atoms with Crippen LogP contribution < -0.4 is 0 Å². The fourth-order valence-corrected chi connectivity index (χ4v) is 1.39. The van der Waals surface area contributed by atoms with Gasteiger partial charge in [0.2, 0.25) is 0 Å². The second-order valence-corrected chi connectivity index (χ2v) is 3.15. The second-order valence-electron chi connectivity index (χ2n) is 2.75. The molecule has 0 aliphatic rings. The summed E-state index contributed by atoms with van der Waals surface area (Å²) in [5.74, 6) is -1.07. The molecule has 0 atom stereocenters. The number of hydrogen-bond donors (Lipinski definition) is 0. The number of alkyl halides is 3. The molecule has 1 rings (SSSR count). The highest BCUT2D eigenvalue weighted by Crippen LogP contribution is 2.35. The van der Waals surface area contributed by atoms with Crippen LogP contribution in [0.15, 0.2) is 12.1 Å². The lowest BCUT2D eigenvalue weighted by molar-refractivity contribution is -0.138. The Balaban J connectivity index is 3.41. The molecule has 1 aromatic carbocycles. The standard InChI is InChI=1S/C9H4ClF4N/c10-8-4-5(11)3-7(9(12,13)14)6(8)1-2-15/h3-4H,1H2. The smallest absolute Gasteiger partial charge is 0.207 e. The fraction of sp³-hybridized carbons (Fsp3) is 0.222. The van der Waals surface area contributed by atoms with Crippen molar-refractivity contribution in [2.24, 2.45) is 0 Å². The van der Waals surface area contributed by atoms with Gasteiger partial charge in [0.1, 0.15) is 5.82 Å². The van der Waals surface area contributed by atoms with E-state index >= 15 is 0 Å². The summed E-state index contributed by atoms with van der Waals surface area (Å²) in [4.78, 5) is 0. The van der Waals surface area contributed by atoms with E-state index < -0.39 is 29.5 Å². The quantitative estimate of drug-likeness (QED) is 0.685. The van der Waals surface area contributed by atoms with E-state index in [-0.39, 0.29) is 5.02 Å². The molecule has 0 aromatic heterocycles. The van der Waals surface area contributed by atoms with Crippen LogP contribution in [0.4, 0.5) is 17.6 Å². The summed E-state index contributed by atoms with van der Waals surface area (Å²) in [7, 11) is 0. The van der Waals surface area contributed by atoms with Crippen molar-refractivity contribution < 1.29 is 17.6 Å². The van der Waals surface area contributed by atoms with E-state index in [4.69, 9.17) is 16.9 Å².